The number of aryl methyl sites for hydroxylation is 2. The summed E-state index contributed by atoms with van der Waals surface area (Å²) in [5, 5.41) is 0.772. The fourth-order valence-corrected chi connectivity index (χ4v) is 3.68. The minimum atomic E-state index is -0.306. The van der Waals surface area contributed by atoms with Crippen molar-refractivity contribution in [1.29, 1.82) is 0 Å². The lowest BCUT2D eigenvalue weighted by Crippen LogP contribution is -2.22. The summed E-state index contributed by atoms with van der Waals surface area (Å²) in [5.41, 5.74) is 1.46. The predicted octanol–water partition coefficient (Wildman–Crippen LogP) is 4.95. The highest BCUT2D eigenvalue weighted by Crippen LogP contribution is 2.22. The molecule has 0 aliphatic heterocycles. The van der Waals surface area contributed by atoms with Gasteiger partial charge in [-0.1, -0.05) is 57.2 Å². The van der Waals surface area contributed by atoms with Gasteiger partial charge in [-0.25, -0.2) is 14.4 Å². The van der Waals surface area contributed by atoms with Gasteiger partial charge in [-0.05, 0) is 30.5 Å². The lowest BCUT2D eigenvalue weighted by molar-refractivity contribution is 0.385. The maximum Gasteiger partial charge on any atom is 0.255 e. The average molecular weight is 381 g/mol. The summed E-state index contributed by atoms with van der Waals surface area (Å²) in [6.45, 7) is 4.14. The van der Waals surface area contributed by atoms with Crippen LogP contribution < -0.4 is 5.56 Å². The molecule has 1 saturated carbocycles. The fraction of sp³-hybridized carbons (Fsp3) is 0.435. The molecule has 0 radical (unpaired) electrons. The third kappa shape index (κ3) is 4.83. The molecule has 148 valence electrons. The minimum Gasteiger partial charge on any atom is -0.295 e. The van der Waals surface area contributed by atoms with Crippen LogP contribution in [0.25, 0.3) is 11.0 Å². The summed E-state index contributed by atoms with van der Waals surface area (Å²) in [6.07, 6.45) is 9.37. The molecule has 0 N–H and O–H groups in total. The topological polar surface area (TPSA) is 47.8 Å². The summed E-state index contributed by atoms with van der Waals surface area (Å²) >= 11 is 0. The van der Waals surface area contributed by atoms with Gasteiger partial charge >= 0.3 is 0 Å². The van der Waals surface area contributed by atoms with Gasteiger partial charge in [0.05, 0.1) is 0 Å². The third-order valence-electron chi connectivity index (χ3n) is 5.38. The number of hydrogen-bond donors (Lipinski definition) is 0. The number of nitrogens with zero attached hydrogens (tertiary/aromatic N) is 3. The van der Waals surface area contributed by atoms with E-state index in [1.807, 2.05) is 0 Å². The molecule has 0 atom stereocenters. The van der Waals surface area contributed by atoms with Crippen LogP contribution in [0.1, 0.15) is 56.0 Å². The van der Waals surface area contributed by atoms with Crippen molar-refractivity contribution in [3.8, 4) is 0 Å². The Labute approximate surface area is 165 Å². The number of aromatic nitrogens is 3. The zero-order chi connectivity index (χ0) is 20.1. The molecule has 2 heterocycles. The van der Waals surface area contributed by atoms with E-state index in [0.717, 1.165) is 11.3 Å². The standard InChI is InChI=1S/C16H14FN3O.C7H14/c1-10-18-9-13-8-12(16(21)20(2)15(13)19-10)7-11-5-3-4-6-14(11)17;1-7-5-3-2-4-6-7/h3-6,8-9H,7H2,1-2H3;7H,2-6H2,1H3. The van der Waals surface area contributed by atoms with Gasteiger partial charge in [0, 0.05) is 30.6 Å². The van der Waals surface area contributed by atoms with Crippen molar-refractivity contribution in [1.82, 2.24) is 14.5 Å². The van der Waals surface area contributed by atoms with Crippen molar-refractivity contribution < 1.29 is 4.39 Å². The van der Waals surface area contributed by atoms with Gasteiger partial charge in [-0.3, -0.25) is 9.36 Å². The Balaban J connectivity index is 0.000000271. The van der Waals surface area contributed by atoms with Gasteiger partial charge in [-0.15, -0.1) is 0 Å². The van der Waals surface area contributed by atoms with Gasteiger partial charge in [0.1, 0.15) is 17.3 Å². The van der Waals surface area contributed by atoms with Crippen LogP contribution in [-0.4, -0.2) is 14.5 Å². The van der Waals surface area contributed by atoms with E-state index in [1.165, 1.54) is 42.7 Å². The van der Waals surface area contributed by atoms with Gasteiger partial charge in [-0.2, -0.15) is 0 Å². The summed E-state index contributed by atoms with van der Waals surface area (Å²) in [7, 11) is 1.67. The molecule has 3 aromatic rings. The molecule has 0 saturated heterocycles. The quantitative estimate of drug-likeness (QED) is 0.631. The van der Waals surface area contributed by atoms with Crippen LogP contribution in [0.15, 0.2) is 41.3 Å². The number of pyridine rings is 1. The van der Waals surface area contributed by atoms with E-state index in [9.17, 15) is 9.18 Å². The van der Waals surface area contributed by atoms with Crippen LogP contribution in [0, 0.1) is 18.7 Å². The summed E-state index contributed by atoms with van der Waals surface area (Å²) in [6, 6.07) is 8.21. The second-order valence-electron chi connectivity index (χ2n) is 7.74. The first-order valence-corrected chi connectivity index (χ1v) is 10.0. The first-order valence-electron chi connectivity index (χ1n) is 10.0. The molecule has 28 heavy (non-hydrogen) atoms. The monoisotopic (exact) mass is 381 g/mol. The highest BCUT2D eigenvalue weighted by atomic mass is 19.1. The minimum absolute atomic E-state index is 0.163. The van der Waals surface area contributed by atoms with Crippen LogP contribution >= 0.6 is 0 Å². The van der Waals surface area contributed by atoms with Gasteiger partial charge in [0.25, 0.3) is 5.56 Å². The molecule has 1 aliphatic carbocycles. The second kappa shape index (κ2) is 9.09. The Morgan fingerprint density at radius 3 is 2.50 bits per heavy atom. The summed E-state index contributed by atoms with van der Waals surface area (Å²) in [5.74, 6) is 1.34. The van der Waals surface area contributed by atoms with Crippen molar-refractivity contribution in [2.75, 3.05) is 0 Å². The number of hydrogen-bond acceptors (Lipinski definition) is 3. The lowest BCUT2D eigenvalue weighted by Gasteiger charge is -2.15. The Morgan fingerprint density at radius 2 is 1.86 bits per heavy atom. The maximum atomic E-state index is 13.7. The van der Waals surface area contributed by atoms with Crippen molar-refractivity contribution in [2.45, 2.75) is 52.4 Å². The van der Waals surface area contributed by atoms with Crippen molar-refractivity contribution in [2.24, 2.45) is 13.0 Å². The van der Waals surface area contributed by atoms with Crippen molar-refractivity contribution in [3.63, 3.8) is 0 Å². The number of rotatable bonds is 2. The predicted molar refractivity (Wildman–Crippen MR) is 111 cm³/mol. The van der Waals surface area contributed by atoms with Crippen LogP contribution in [0.5, 0.6) is 0 Å². The molecule has 0 unspecified atom stereocenters. The van der Waals surface area contributed by atoms with Crippen LogP contribution in [0.4, 0.5) is 4.39 Å². The van der Waals surface area contributed by atoms with Crippen molar-refractivity contribution in [3.05, 3.63) is 69.7 Å². The lowest BCUT2D eigenvalue weighted by atomic mass is 9.91. The molecule has 0 bridgehead atoms. The third-order valence-corrected chi connectivity index (χ3v) is 5.38. The highest BCUT2D eigenvalue weighted by molar-refractivity contribution is 5.74. The van der Waals surface area contributed by atoms with E-state index in [2.05, 4.69) is 16.9 Å². The molecular formula is C23H28FN3O. The summed E-state index contributed by atoms with van der Waals surface area (Å²) < 4.78 is 15.2. The van der Waals surface area contributed by atoms with E-state index in [4.69, 9.17) is 0 Å². The van der Waals surface area contributed by atoms with E-state index >= 15 is 0 Å². The van der Waals surface area contributed by atoms with Gasteiger partial charge < -0.3 is 0 Å². The molecule has 1 aliphatic rings. The first kappa shape index (κ1) is 20.2. The summed E-state index contributed by atoms with van der Waals surface area (Å²) in [4.78, 5) is 20.8. The molecule has 5 heteroatoms. The largest absolute Gasteiger partial charge is 0.295 e. The van der Waals surface area contributed by atoms with Gasteiger partial charge in [0.2, 0.25) is 0 Å². The Morgan fingerprint density at radius 1 is 1.14 bits per heavy atom. The Hall–Kier alpha value is -2.56. The van der Waals surface area contributed by atoms with Gasteiger partial charge in [0.15, 0.2) is 0 Å². The Kier molecular flexibility index (Phi) is 6.55. The first-order chi connectivity index (χ1) is 13.5. The van der Waals surface area contributed by atoms with E-state index in [0.29, 0.717) is 22.6 Å². The zero-order valence-electron chi connectivity index (χ0n) is 16.9. The van der Waals surface area contributed by atoms with E-state index in [-0.39, 0.29) is 17.8 Å². The second-order valence-corrected chi connectivity index (χ2v) is 7.74. The molecule has 0 spiro atoms. The fourth-order valence-electron chi connectivity index (χ4n) is 3.68. The normalized spacial score (nSPS) is 14.6. The molecule has 4 rings (SSSR count). The van der Waals surface area contributed by atoms with Crippen LogP contribution in [-0.2, 0) is 13.5 Å². The molecular weight excluding hydrogens is 353 g/mol. The molecule has 0 amide bonds. The Bertz CT molecular complexity index is 1010. The number of halogens is 1. The average Bonchev–Trinajstić information content (AvgIpc) is 2.69. The van der Waals surface area contributed by atoms with E-state index < -0.39 is 0 Å². The van der Waals surface area contributed by atoms with E-state index in [1.54, 1.807) is 44.4 Å². The zero-order valence-corrected chi connectivity index (χ0v) is 16.9. The van der Waals surface area contributed by atoms with Crippen LogP contribution in [0.2, 0.25) is 0 Å². The van der Waals surface area contributed by atoms with Crippen LogP contribution in [0.3, 0.4) is 0 Å². The van der Waals surface area contributed by atoms with Crippen molar-refractivity contribution >= 4 is 11.0 Å². The molecule has 4 nitrogen and oxygen atoms in total. The smallest absolute Gasteiger partial charge is 0.255 e. The number of benzene rings is 1. The maximum absolute atomic E-state index is 13.7. The number of fused-ring (bicyclic) bond motifs is 1. The molecule has 1 fully saturated rings. The highest BCUT2D eigenvalue weighted by Gasteiger charge is 2.11. The SMILES string of the molecule is CC1CCCCC1.Cc1ncc2cc(Cc3ccccc3F)c(=O)n(C)c2n1. The molecule has 2 aromatic heterocycles. The molecule has 1 aromatic carbocycles.